The van der Waals surface area contributed by atoms with Crippen LogP contribution in [0.15, 0.2) is 22.7 Å². The van der Waals surface area contributed by atoms with E-state index in [9.17, 15) is 4.79 Å². The second kappa shape index (κ2) is 5.75. The number of ether oxygens (including phenoxy) is 2. The first-order chi connectivity index (χ1) is 7.15. The summed E-state index contributed by atoms with van der Waals surface area (Å²) in [5, 5.41) is 0. The Hall–Kier alpha value is -1.03. The Labute approximate surface area is 97.5 Å². The van der Waals surface area contributed by atoms with Gasteiger partial charge in [-0.25, -0.2) is 0 Å². The second-order valence-electron chi connectivity index (χ2n) is 3.08. The first kappa shape index (κ1) is 12.0. The Morgan fingerprint density at radius 3 is 2.67 bits per heavy atom. The van der Waals surface area contributed by atoms with E-state index in [2.05, 4.69) is 20.7 Å². The van der Waals surface area contributed by atoms with Crippen LogP contribution in [0.1, 0.15) is 12.0 Å². The average molecular weight is 273 g/mol. The van der Waals surface area contributed by atoms with Crippen molar-refractivity contribution in [3.05, 3.63) is 28.2 Å². The zero-order chi connectivity index (χ0) is 11.3. The van der Waals surface area contributed by atoms with Crippen molar-refractivity contribution in [3.8, 4) is 5.75 Å². The number of hydrogen-bond acceptors (Lipinski definition) is 3. The molecule has 0 heterocycles. The van der Waals surface area contributed by atoms with Crippen LogP contribution in [0.5, 0.6) is 5.75 Å². The maximum atomic E-state index is 11.0. The largest absolute Gasteiger partial charge is 0.497 e. The molecule has 0 N–H and O–H groups in total. The number of methoxy groups -OCH3 is 2. The van der Waals surface area contributed by atoms with E-state index in [-0.39, 0.29) is 5.97 Å². The molecule has 15 heavy (non-hydrogen) atoms. The van der Waals surface area contributed by atoms with E-state index in [0.29, 0.717) is 12.8 Å². The molecule has 0 radical (unpaired) electrons. The number of carbonyl (C=O) groups excluding carboxylic acids is 1. The minimum Gasteiger partial charge on any atom is -0.497 e. The number of aryl methyl sites for hydroxylation is 1. The minimum atomic E-state index is -0.200. The van der Waals surface area contributed by atoms with Gasteiger partial charge in [0.25, 0.3) is 0 Å². The van der Waals surface area contributed by atoms with Gasteiger partial charge in [-0.05, 0) is 30.2 Å². The smallest absolute Gasteiger partial charge is 0.305 e. The number of esters is 1. The highest BCUT2D eigenvalue weighted by molar-refractivity contribution is 9.10. The molecule has 0 bridgehead atoms. The SMILES string of the molecule is COC(=O)CCc1cc(Br)cc(OC)c1. The van der Waals surface area contributed by atoms with E-state index in [1.807, 2.05) is 18.2 Å². The summed E-state index contributed by atoms with van der Waals surface area (Å²) in [4.78, 5) is 11.0. The zero-order valence-corrected chi connectivity index (χ0v) is 10.3. The highest BCUT2D eigenvalue weighted by Crippen LogP contribution is 2.22. The lowest BCUT2D eigenvalue weighted by atomic mass is 10.1. The van der Waals surface area contributed by atoms with Gasteiger partial charge in [-0.15, -0.1) is 0 Å². The van der Waals surface area contributed by atoms with E-state index in [1.165, 1.54) is 7.11 Å². The molecule has 1 aromatic rings. The van der Waals surface area contributed by atoms with E-state index in [1.54, 1.807) is 7.11 Å². The van der Waals surface area contributed by atoms with Gasteiger partial charge in [0.05, 0.1) is 14.2 Å². The molecular formula is C11H13BrO3. The van der Waals surface area contributed by atoms with E-state index in [0.717, 1.165) is 15.8 Å². The summed E-state index contributed by atoms with van der Waals surface area (Å²) in [5.41, 5.74) is 1.05. The highest BCUT2D eigenvalue weighted by Gasteiger charge is 2.04. The number of benzene rings is 1. The highest BCUT2D eigenvalue weighted by atomic mass is 79.9. The van der Waals surface area contributed by atoms with Crippen molar-refractivity contribution in [3.63, 3.8) is 0 Å². The Kier molecular flexibility index (Phi) is 4.62. The fourth-order valence-corrected chi connectivity index (χ4v) is 1.75. The third-order valence-electron chi connectivity index (χ3n) is 2.01. The van der Waals surface area contributed by atoms with Crippen molar-refractivity contribution in [1.82, 2.24) is 0 Å². The van der Waals surface area contributed by atoms with Crippen LogP contribution in [0, 0.1) is 0 Å². The van der Waals surface area contributed by atoms with Crippen molar-refractivity contribution in [2.45, 2.75) is 12.8 Å². The average Bonchev–Trinajstić information content (AvgIpc) is 2.25. The van der Waals surface area contributed by atoms with Crippen molar-refractivity contribution in [1.29, 1.82) is 0 Å². The normalized spacial score (nSPS) is 9.80. The van der Waals surface area contributed by atoms with E-state index >= 15 is 0 Å². The summed E-state index contributed by atoms with van der Waals surface area (Å²) in [6, 6.07) is 5.75. The predicted molar refractivity (Wildman–Crippen MR) is 61.0 cm³/mol. The number of rotatable bonds is 4. The van der Waals surface area contributed by atoms with Gasteiger partial charge in [0, 0.05) is 10.9 Å². The van der Waals surface area contributed by atoms with Crippen LogP contribution in [0.25, 0.3) is 0 Å². The van der Waals surface area contributed by atoms with Crippen LogP contribution in [0.3, 0.4) is 0 Å². The van der Waals surface area contributed by atoms with Crippen LogP contribution >= 0.6 is 15.9 Å². The summed E-state index contributed by atoms with van der Waals surface area (Å²) in [7, 11) is 3.01. The monoisotopic (exact) mass is 272 g/mol. The van der Waals surface area contributed by atoms with Crippen LogP contribution in [-0.4, -0.2) is 20.2 Å². The van der Waals surface area contributed by atoms with E-state index in [4.69, 9.17) is 4.74 Å². The fraction of sp³-hybridized carbons (Fsp3) is 0.364. The molecule has 0 unspecified atom stereocenters. The van der Waals surface area contributed by atoms with Gasteiger partial charge in [0.2, 0.25) is 0 Å². The summed E-state index contributed by atoms with van der Waals surface area (Å²) < 4.78 is 10.6. The molecule has 0 amide bonds. The topological polar surface area (TPSA) is 35.5 Å². The number of carbonyl (C=O) groups is 1. The summed E-state index contributed by atoms with van der Waals surface area (Å²) in [5.74, 6) is 0.582. The van der Waals surface area contributed by atoms with Crippen molar-refractivity contribution in [2.75, 3.05) is 14.2 Å². The molecule has 0 aliphatic carbocycles. The molecule has 3 nitrogen and oxygen atoms in total. The maximum absolute atomic E-state index is 11.0. The standard InChI is InChI=1S/C11H13BrO3/c1-14-10-6-8(5-9(12)7-10)3-4-11(13)15-2/h5-7H,3-4H2,1-2H3. The molecule has 0 saturated carbocycles. The van der Waals surface area contributed by atoms with Gasteiger partial charge in [0.1, 0.15) is 5.75 Å². The van der Waals surface area contributed by atoms with Gasteiger partial charge >= 0.3 is 5.97 Å². The van der Waals surface area contributed by atoms with Gasteiger partial charge in [-0.3, -0.25) is 4.79 Å². The molecule has 0 aliphatic rings. The van der Waals surface area contributed by atoms with Crippen molar-refractivity contribution < 1.29 is 14.3 Å². The lowest BCUT2D eigenvalue weighted by Gasteiger charge is -2.05. The summed E-state index contributed by atoms with van der Waals surface area (Å²) in [6.07, 6.45) is 1.04. The van der Waals surface area contributed by atoms with Crippen LogP contribution in [0.2, 0.25) is 0 Å². The Morgan fingerprint density at radius 2 is 2.07 bits per heavy atom. The molecule has 0 aliphatic heterocycles. The molecule has 0 fully saturated rings. The maximum Gasteiger partial charge on any atom is 0.305 e. The van der Waals surface area contributed by atoms with Gasteiger partial charge in [-0.1, -0.05) is 15.9 Å². The second-order valence-corrected chi connectivity index (χ2v) is 3.99. The molecule has 0 aromatic heterocycles. The predicted octanol–water partition coefficient (Wildman–Crippen LogP) is 2.56. The van der Waals surface area contributed by atoms with Crippen LogP contribution in [0.4, 0.5) is 0 Å². The summed E-state index contributed by atoms with van der Waals surface area (Å²) >= 11 is 3.38. The lowest BCUT2D eigenvalue weighted by molar-refractivity contribution is -0.140. The molecule has 4 heteroatoms. The third-order valence-corrected chi connectivity index (χ3v) is 2.47. The third kappa shape index (κ3) is 3.91. The first-order valence-corrected chi connectivity index (χ1v) is 5.35. The number of halogens is 1. The minimum absolute atomic E-state index is 0.200. The molecule has 0 atom stereocenters. The Morgan fingerprint density at radius 1 is 1.33 bits per heavy atom. The van der Waals surface area contributed by atoms with Crippen molar-refractivity contribution >= 4 is 21.9 Å². The molecular weight excluding hydrogens is 260 g/mol. The van der Waals surface area contributed by atoms with Crippen LogP contribution in [-0.2, 0) is 16.0 Å². The Balaban J connectivity index is 2.68. The molecule has 82 valence electrons. The zero-order valence-electron chi connectivity index (χ0n) is 8.75. The first-order valence-electron chi connectivity index (χ1n) is 4.56. The van der Waals surface area contributed by atoms with Gasteiger partial charge in [0.15, 0.2) is 0 Å². The lowest BCUT2D eigenvalue weighted by Crippen LogP contribution is -2.02. The Bertz CT molecular complexity index is 350. The quantitative estimate of drug-likeness (QED) is 0.791. The van der Waals surface area contributed by atoms with Gasteiger partial charge in [-0.2, -0.15) is 0 Å². The van der Waals surface area contributed by atoms with Crippen molar-refractivity contribution in [2.24, 2.45) is 0 Å². The fourth-order valence-electron chi connectivity index (χ4n) is 1.23. The molecule has 0 saturated heterocycles. The molecule has 1 rings (SSSR count). The van der Waals surface area contributed by atoms with E-state index < -0.39 is 0 Å². The summed E-state index contributed by atoms with van der Waals surface area (Å²) in [6.45, 7) is 0. The van der Waals surface area contributed by atoms with Crippen LogP contribution < -0.4 is 4.74 Å². The molecule has 0 spiro atoms. The number of hydrogen-bond donors (Lipinski definition) is 0. The van der Waals surface area contributed by atoms with Gasteiger partial charge < -0.3 is 9.47 Å². The molecule has 1 aromatic carbocycles.